The smallest absolute Gasteiger partial charge is 0.234 e. The molecule has 0 aliphatic rings. The highest BCUT2D eigenvalue weighted by molar-refractivity contribution is 5.79. The summed E-state index contributed by atoms with van der Waals surface area (Å²) in [5.41, 5.74) is 7.29. The first kappa shape index (κ1) is 19.8. The number of carbonyl (C=O) groups is 3. The van der Waals surface area contributed by atoms with Gasteiger partial charge >= 0.3 is 0 Å². The second-order valence-corrected chi connectivity index (χ2v) is 3.80. The first-order chi connectivity index (χ1) is 8.99. The zero-order valence-electron chi connectivity index (χ0n) is 11.6. The molecule has 8 heteroatoms. The molecule has 1 unspecified atom stereocenters. The minimum atomic E-state index is -0.327. The fourth-order valence-electron chi connectivity index (χ4n) is 1.21. The van der Waals surface area contributed by atoms with Gasteiger partial charge in [-0.3, -0.25) is 20.9 Å². The van der Waals surface area contributed by atoms with E-state index in [0.717, 1.165) is 12.8 Å². The molecule has 0 saturated carbocycles. The maximum Gasteiger partial charge on any atom is 0.234 e. The number of hydrazine groups is 1. The molecule has 0 bridgehead atoms. The van der Waals surface area contributed by atoms with Crippen molar-refractivity contribution in [3.8, 4) is 0 Å². The third-order valence-electron chi connectivity index (χ3n) is 2.19. The minimum absolute atomic E-state index is 0.0231. The second kappa shape index (κ2) is 14.6. The number of nitrogens with one attached hydrogen (secondary N) is 3. The lowest BCUT2D eigenvalue weighted by atomic mass is 10.1. The number of primary amides is 1. The van der Waals surface area contributed by atoms with Crippen LogP contribution in [-0.2, 0) is 14.4 Å². The van der Waals surface area contributed by atoms with Crippen LogP contribution in [0.2, 0.25) is 0 Å². The van der Waals surface area contributed by atoms with Gasteiger partial charge < -0.3 is 21.2 Å². The van der Waals surface area contributed by atoms with E-state index in [9.17, 15) is 14.4 Å². The summed E-state index contributed by atoms with van der Waals surface area (Å²) in [6, 6.07) is -0.257. The van der Waals surface area contributed by atoms with Gasteiger partial charge in [0, 0.05) is 13.5 Å². The number of carbonyl (C=O) groups excluding carboxylic acids is 3. The van der Waals surface area contributed by atoms with Crippen molar-refractivity contribution in [1.29, 1.82) is 0 Å². The molecule has 0 rings (SSSR count). The van der Waals surface area contributed by atoms with Crippen molar-refractivity contribution in [2.24, 2.45) is 11.6 Å². The lowest BCUT2D eigenvalue weighted by Gasteiger charge is -2.11. The largest absolute Gasteiger partial charge is 0.368 e. The van der Waals surface area contributed by atoms with Gasteiger partial charge in [-0.05, 0) is 26.3 Å². The number of hydrogen-bond acceptors (Lipinski definition) is 6. The minimum Gasteiger partial charge on any atom is -0.368 e. The van der Waals surface area contributed by atoms with Crippen molar-refractivity contribution in [3.63, 3.8) is 0 Å². The van der Waals surface area contributed by atoms with Gasteiger partial charge in [-0.15, -0.1) is 0 Å². The Balaban J connectivity index is 0. The van der Waals surface area contributed by atoms with E-state index in [1.807, 2.05) is 0 Å². The Morgan fingerprint density at radius 2 is 1.95 bits per heavy atom. The fraction of sp³-hybridized carbons (Fsp3) is 0.727. The highest BCUT2D eigenvalue weighted by atomic mass is 16.2. The van der Waals surface area contributed by atoms with Gasteiger partial charge in [-0.1, -0.05) is 0 Å². The van der Waals surface area contributed by atoms with Crippen LogP contribution in [0.25, 0.3) is 0 Å². The maximum absolute atomic E-state index is 10.8. The zero-order chi connectivity index (χ0) is 15.1. The second-order valence-electron chi connectivity index (χ2n) is 3.80. The Bertz CT molecular complexity index is 261. The molecule has 0 aliphatic heterocycles. The average molecular weight is 275 g/mol. The SMILES string of the molecule is CNC(CCCCNC(C)=O)C(N)=O.NNCC=O. The molecule has 0 aromatic heterocycles. The normalized spacial score (nSPS) is 10.9. The van der Waals surface area contributed by atoms with Crippen LogP contribution >= 0.6 is 0 Å². The van der Waals surface area contributed by atoms with Crippen molar-refractivity contribution in [1.82, 2.24) is 16.1 Å². The molecule has 0 saturated heterocycles. The standard InChI is InChI=1S/C9H19N3O2.C2H6N2O/c1-7(13)12-6-4-3-5-8(11-2)9(10)14;3-4-1-2-5/h8,11H,3-6H2,1-2H3,(H2,10,14)(H,12,13);2,4H,1,3H2. The third kappa shape index (κ3) is 16.5. The number of amides is 2. The van der Waals surface area contributed by atoms with Crippen LogP contribution in [0.4, 0.5) is 0 Å². The lowest BCUT2D eigenvalue weighted by Crippen LogP contribution is -2.39. The average Bonchev–Trinajstić information content (AvgIpc) is 2.34. The molecule has 8 nitrogen and oxygen atoms in total. The van der Waals surface area contributed by atoms with Gasteiger partial charge in [0.15, 0.2) is 0 Å². The summed E-state index contributed by atoms with van der Waals surface area (Å²) in [6.07, 6.45) is 3.14. The van der Waals surface area contributed by atoms with Crippen molar-refractivity contribution in [3.05, 3.63) is 0 Å². The van der Waals surface area contributed by atoms with E-state index in [0.29, 0.717) is 19.3 Å². The van der Waals surface area contributed by atoms with Crippen LogP contribution in [0.1, 0.15) is 26.2 Å². The highest BCUT2D eigenvalue weighted by Crippen LogP contribution is 1.99. The number of unbranched alkanes of at least 4 members (excludes halogenated alkanes) is 1. The number of nitrogens with two attached hydrogens (primary N) is 2. The Morgan fingerprint density at radius 1 is 1.32 bits per heavy atom. The molecule has 0 heterocycles. The first-order valence-corrected chi connectivity index (χ1v) is 6.07. The van der Waals surface area contributed by atoms with Crippen LogP contribution in [0.5, 0.6) is 0 Å². The number of rotatable bonds is 9. The van der Waals surface area contributed by atoms with Crippen molar-refractivity contribution < 1.29 is 14.4 Å². The van der Waals surface area contributed by atoms with E-state index in [1.54, 1.807) is 7.05 Å². The molecule has 0 aromatic rings. The predicted molar refractivity (Wildman–Crippen MR) is 72.8 cm³/mol. The summed E-state index contributed by atoms with van der Waals surface area (Å²) in [5, 5.41) is 5.53. The molecule has 7 N–H and O–H groups in total. The fourth-order valence-corrected chi connectivity index (χ4v) is 1.21. The lowest BCUT2D eigenvalue weighted by molar-refractivity contribution is -0.120. The van der Waals surface area contributed by atoms with Gasteiger partial charge in [0.1, 0.15) is 6.29 Å². The Labute approximate surface area is 113 Å². The molecule has 0 spiro atoms. The van der Waals surface area contributed by atoms with Gasteiger partial charge in [0.25, 0.3) is 0 Å². The van der Waals surface area contributed by atoms with Gasteiger partial charge in [-0.25, -0.2) is 0 Å². The van der Waals surface area contributed by atoms with Crippen LogP contribution in [0, 0.1) is 0 Å². The monoisotopic (exact) mass is 275 g/mol. The molecule has 0 aliphatic carbocycles. The summed E-state index contributed by atoms with van der Waals surface area (Å²) >= 11 is 0. The van der Waals surface area contributed by atoms with Crippen molar-refractivity contribution in [2.75, 3.05) is 20.1 Å². The molecule has 0 radical (unpaired) electrons. The quantitative estimate of drug-likeness (QED) is 0.143. The molecule has 0 fully saturated rings. The molecular formula is C11H25N5O3. The predicted octanol–water partition coefficient (Wildman–Crippen LogP) is -1.99. The zero-order valence-corrected chi connectivity index (χ0v) is 11.6. The Kier molecular flexibility index (Phi) is 15.2. The number of hydrogen-bond donors (Lipinski definition) is 5. The molecule has 1 atom stereocenters. The van der Waals surface area contributed by atoms with E-state index in [4.69, 9.17) is 5.73 Å². The van der Waals surface area contributed by atoms with Crippen LogP contribution in [0.3, 0.4) is 0 Å². The van der Waals surface area contributed by atoms with E-state index < -0.39 is 0 Å². The molecule has 19 heavy (non-hydrogen) atoms. The van der Waals surface area contributed by atoms with E-state index >= 15 is 0 Å². The van der Waals surface area contributed by atoms with Gasteiger partial charge in [0.05, 0.1) is 12.6 Å². The molecule has 0 aromatic carbocycles. The van der Waals surface area contributed by atoms with Crippen LogP contribution < -0.4 is 27.6 Å². The maximum atomic E-state index is 10.8. The number of aldehydes is 1. The van der Waals surface area contributed by atoms with E-state index in [1.165, 1.54) is 6.92 Å². The van der Waals surface area contributed by atoms with Crippen molar-refractivity contribution >= 4 is 18.1 Å². The Morgan fingerprint density at radius 3 is 2.26 bits per heavy atom. The topological polar surface area (TPSA) is 139 Å². The van der Waals surface area contributed by atoms with Crippen LogP contribution in [0.15, 0.2) is 0 Å². The molecule has 2 amide bonds. The third-order valence-corrected chi connectivity index (χ3v) is 2.19. The summed E-state index contributed by atoms with van der Waals surface area (Å²) in [7, 11) is 1.71. The Hall–Kier alpha value is -1.51. The van der Waals surface area contributed by atoms with Gasteiger partial charge in [-0.2, -0.15) is 0 Å². The summed E-state index contributed by atoms with van der Waals surface area (Å²) in [4.78, 5) is 30.6. The summed E-state index contributed by atoms with van der Waals surface area (Å²) < 4.78 is 0. The first-order valence-electron chi connectivity index (χ1n) is 6.07. The van der Waals surface area contributed by atoms with Crippen molar-refractivity contribution in [2.45, 2.75) is 32.2 Å². The summed E-state index contributed by atoms with van der Waals surface area (Å²) in [6.45, 7) is 2.38. The highest BCUT2D eigenvalue weighted by Gasteiger charge is 2.10. The molecule has 112 valence electrons. The van der Waals surface area contributed by atoms with E-state index in [-0.39, 0.29) is 24.4 Å². The molecular weight excluding hydrogens is 250 g/mol. The number of likely N-dealkylation sites (N-methyl/N-ethyl adjacent to an activating group) is 1. The van der Waals surface area contributed by atoms with Gasteiger partial charge in [0.2, 0.25) is 11.8 Å². The van der Waals surface area contributed by atoms with Crippen LogP contribution in [-0.4, -0.2) is 44.3 Å². The van der Waals surface area contributed by atoms with E-state index in [2.05, 4.69) is 21.9 Å². The summed E-state index contributed by atoms with van der Waals surface area (Å²) in [5.74, 6) is 4.31.